The summed E-state index contributed by atoms with van der Waals surface area (Å²) in [5, 5.41) is 3.53. The molecule has 6 nitrogen and oxygen atoms in total. The van der Waals surface area contributed by atoms with E-state index in [1.807, 2.05) is 24.3 Å². The van der Waals surface area contributed by atoms with Gasteiger partial charge < -0.3 is 23.7 Å². The molecule has 2 aromatic carbocycles. The fourth-order valence-electron chi connectivity index (χ4n) is 3.39. The quantitative estimate of drug-likeness (QED) is 0.842. The maximum atomic E-state index is 5.58. The first-order chi connectivity index (χ1) is 12.3. The van der Waals surface area contributed by atoms with E-state index >= 15 is 0 Å². The molecule has 25 heavy (non-hydrogen) atoms. The highest BCUT2D eigenvalue weighted by Gasteiger charge is 2.41. The SMILES string of the molecule is COc1cc(C2NC2c2cccc3c2COCO3)cc(OC)c1OC. The molecule has 0 amide bonds. The number of fused-ring (bicyclic) bond motifs is 1. The maximum Gasteiger partial charge on any atom is 0.203 e. The third-order valence-electron chi connectivity index (χ3n) is 4.68. The van der Waals surface area contributed by atoms with Crippen LogP contribution in [0.1, 0.15) is 28.8 Å². The molecule has 0 bridgehead atoms. The second-order valence-electron chi connectivity index (χ2n) is 6.02. The molecule has 0 aliphatic carbocycles. The third-order valence-corrected chi connectivity index (χ3v) is 4.68. The number of methoxy groups -OCH3 is 3. The van der Waals surface area contributed by atoms with E-state index in [-0.39, 0.29) is 12.1 Å². The van der Waals surface area contributed by atoms with E-state index < -0.39 is 0 Å². The summed E-state index contributed by atoms with van der Waals surface area (Å²) in [5.74, 6) is 2.82. The van der Waals surface area contributed by atoms with Crippen molar-refractivity contribution in [3.8, 4) is 23.0 Å². The van der Waals surface area contributed by atoms with Crippen LogP contribution in [0.2, 0.25) is 0 Å². The molecule has 0 saturated carbocycles. The fourth-order valence-corrected chi connectivity index (χ4v) is 3.39. The summed E-state index contributed by atoms with van der Waals surface area (Å²) < 4.78 is 27.3. The summed E-state index contributed by atoms with van der Waals surface area (Å²) in [6.07, 6.45) is 0. The van der Waals surface area contributed by atoms with Crippen molar-refractivity contribution in [1.29, 1.82) is 0 Å². The molecule has 4 rings (SSSR count). The van der Waals surface area contributed by atoms with Crippen molar-refractivity contribution < 1.29 is 23.7 Å². The predicted octanol–water partition coefficient (Wildman–Crippen LogP) is 2.96. The van der Waals surface area contributed by atoms with E-state index in [0.29, 0.717) is 30.6 Å². The van der Waals surface area contributed by atoms with Crippen LogP contribution in [0.3, 0.4) is 0 Å². The number of rotatable bonds is 5. The van der Waals surface area contributed by atoms with Gasteiger partial charge in [0.05, 0.1) is 40.0 Å². The first-order valence-corrected chi connectivity index (χ1v) is 8.15. The molecule has 2 aromatic rings. The van der Waals surface area contributed by atoms with Crippen molar-refractivity contribution in [2.75, 3.05) is 28.1 Å². The van der Waals surface area contributed by atoms with Crippen LogP contribution in [0.25, 0.3) is 0 Å². The van der Waals surface area contributed by atoms with Crippen LogP contribution in [0.5, 0.6) is 23.0 Å². The third kappa shape index (κ3) is 2.77. The Morgan fingerprint density at radius 2 is 1.76 bits per heavy atom. The van der Waals surface area contributed by atoms with Crippen molar-refractivity contribution in [2.45, 2.75) is 18.7 Å². The molecule has 0 aromatic heterocycles. The monoisotopic (exact) mass is 343 g/mol. The summed E-state index contributed by atoms with van der Waals surface area (Å²) in [5.41, 5.74) is 3.41. The van der Waals surface area contributed by atoms with E-state index in [1.165, 1.54) is 5.56 Å². The summed E-state index contributed by atoms with van der Waals surface area (Å²) in [7, 11) is 4.86. The zero-order valence-electron chi connectivity index (χ0n) is 14.5. The van der Waals surface area contributed by atoms with Crippen LogP contribution in [0.4, 0.5) is 0 Å². The number of ether oxygens (including phenoxy) is 5. The second-order valence-corrected chi connectivity index (χ2v) is 6.02. The number of nitrogens with one attached hydrogen (secondary N) is 1. The maximum absolute atomic E-state index is 5.58. The molecular weight excluding hydrogens is 322 g/mol. The molecule has 1 saturated heterocycles. The Labute approximate surface area is 146 Å². The molecule has 0 spiro atoms. The van der Waals surface area contributed by atoms with Crippen molar-refractivity contribution in [2.24, 2.45) is 0 Å². The van der Waals surface area contributed by atoms with Crippen LogP contribution in [-0.4, -0.2) is 28.1 Å². The van der Waals surface area contributed by atoms with E-state index in [1.54, 1.807) is 21.3 Å². The van der Waals surface area contributed by atoms with Crippen molar-refractivity contribution >= 4 is 0 Å². The summed E-state index contributed by atoms with van der Waals surface area (Å²) in [6.45, 7) is 0.885. The van der Waals surface area contributed by atoms with E-state index in [9.17, 15) is 0 Å². The molecule has 2 unspecified atom stereocenters. The van der Waals surface area contributed by atoms with E-state index in [4.69, 9.17) is 23.7 Å². The summed E-state index contributed by atoms with van der Waals surface area (Å²) in [6, 6.07) is 10.5. The minimum absolute atomic E-state index is 0.183. The van der Waals surface area contributed by atoms with Crippen molar-refractivity contribution in [3.63, 3.8) is 0 Å². The largest absolute Gasteiger partial charge is 0.493 e. The molecule has 6 heteroatoms. The van der Waals surface area contributed by atoms with E-state index in [2.05, 4.69) is 11.4 Å². The normalized spacial score (nSPS) is 21.1. The van der Waals surface area contributed by atoms with E-state index in [0.717, 1.165) is 16.9 Å². The first kappa shape index (κ1) is 16.1. The highest BCUT2D eigenvalue weighted by molar-refractivity contribution is 5.56. The Bertz CT molecular complexity index is 766. The van der Waals surface area contributed by atoms with Gasteiger partial charge in [-0.2, -0.15) is 0 Å². The number of hydrogen-bond acceptors (Lipinski definition) is 6. The van der Waals surface area contributed by atoms with Crippen LogP contribution in [0, 0.1) is 0 Å². The van der Waals surface area contributed by atoms with Gasteiger partial charge >= 0.3 is 0 Å². The summed E-state index contributed by atoms with van der Waals surface area (Å²) in [4.78, 5) is 0. The first-order valence-electron chi connectivity index (χ1n) is 8.15. The van der Waals surface area contributed by atoms with Gasteiger partial charge in [-0.05, 0) is 29.3 Å². The molecule has 0 radical (unpaired) electrons. The molecule has 1 N–H and O–H groups in total. The van der Waals surface area contributed by atoms with Gasteiger partial charge in [0.2, 0.25) is 5.75 Å². The van der Waals surface area contributed by atoms with Crippen molar-refractivity contribution in [1.82, 2.24) is 5.32 Å². The van der Waals surface area contributed by atoms with Gasteiger partial charge in [0, 0.05) is 5.56 Å². The average molecular weight is 343 g/mol. The molecule has 2 heterocycles. The van der Waals surface area contributed by atoms with Gasteiger partial charge in [-0.25, -0.2) is 0 Å². The molecule has 2 atom stereocenters. The van der Waals surface area contributed by atoms with Gasteiger partial charge in [0.1, 0.15) is 5.75 Å². The lowest BCUT2D eigenvalue weighted by Crippen LogP contribution is -2.13. The minimum atomic E-state index is 0.183. The fraction of sp³-hybridized carbons (Fsp3) is 0.368. The molecule has 2 aliphatic heterocycles. The zero-order chi connectivity index (χ0) is 17.4. The minimum Gasteiger partial charge on any atom is -0.493 e. The lowest BCUT2D eigenvalue weighted by atomic mass is 9.98. The molecule has 1 fully saturated rings. The Morgan fingerprint density at radius 1 is 1.00 bits per heavy atom. The topological polar surface area (TPSA) is 68.1 Å². The Hall–Kier alpha value is -2.44. The zero-order valence-corrected chi connectivity index (χ0v) is 14.5. The van der Waals surface area contributed by atoms with Crippen LogP contribution in [-0.2, 0) is 11.3 Å². The lowest BCUT2D eigenvalue weighted by Gasteiger charge is -2.20. The standard InChI is InChI=1S/C19H21NO5/c1-21-15-7-11(8-16(22-2)19(15)23-3)17-18(20-17)12-5-4-6-14-13(12)9-24-10-25-14/h4-8,17-18,20H,9-10H2,1-3H3. The van der Waals surface area contributed by atoms with Gasteiger partial charge in [-0.1, -0.05) is 12.1 Å². The lowest BCUT2D eigenvalue weighted by molar-refractivity contribution is -0.0168. The predicted molar refractivity (Wildman–Crippen MR) is 91.4 cm³/mol. The number of hydrogen-bond donors (Lipinski definition) is 1. The van der Waals surface area contributed by atoms with Gasteiger partial charge in [0.25, 0.3) is 0 Å². The Balaban J connectivity index is 1.66. The number of benzene rings is 2. The van der Waals surface area contributed by atoms with Gasteiger partial charge in [-0.3, -0.25) is 5.32 Å². The highest BCUT2D eigenvalue weighted by Crippen LogP contribution is 2.49. The smallest absolute Gasteiger partial charge is 0.203 e. The molecule has 2 aliphatic rings. The van der Waals surface area contributed by atoms with Crippen LogP contribution >= 0.6 is 0 Å². The summed E-state index contributed by atoms with van der Waals surface area (Å²) >= 11 is 0. The van der Waals surface area contributed by atoms with Gasteiger partial charge in [-0.15, -0.1) is 0 Å². The average Bonchev–Trinajstić information content (AvgIpc) is 3.47. The second kappa shape index (κ2) is 6.46. The van der Waals surface area contributed by atoms with Crippen LogP contribution < -0.4 is 24.3 Å². The molecule has 132 valence electrons. The van der Waals surface area contributed by atoms with Crippen LogP contribution in [0.15, 0.2) is 30.3 Å². The Kier molecular flexibility index (Phi) is 4.15. The van der Waals surface area contributed by atoms with Crippen molar-refractivity contribution in [3.05, 3.63) is 47.0 Å². The van der Waals surface area contributed by atoms with Gasteiger partial charge in [0.15, 0.2) is 18.3 Å². The molecular formula is C19H21NO5. The highest BCUT2D eigenvalue weighted by atomic mass is 16.7. The Morgan fingerprint density at radius 3 is 2.44 bits per heavy atom.